The fraction of sp³-hybridized carbons (Fsp3) is 0.238. The van der Waals surface area contributed by atoms with Gasteiger partial charge in [0, 0.05) is 18.6 Å². The molecule has 0 bridgehead atoms. The summed E-state index contributed by atoms with van der Waals surface area (Å²) in [6.45, 7) is 0. The molecule has 0 aliphatic rings. The minimum Gasteiger partial charge on any atom is -0.406 e. The highest BCUT2D eigenvalue weighted by Crippen LogP contribution is 2.33. The number of nitrogens with two attached hydrogens (primary N) is 1. The summed E-state index contributed by atoms with van der Waals surface area (Å²) in [6.07, 6.45) is -9.94. The number of halogens is 6. The average molecular weight is 580 g/mol. The zero-order valence-corrected chi connectivity index (χ0v) is 20.3. The lowest BCUT2D eigenvalue weighted by Crippen LogP contribution is -2.36. The summed E-state index contributed by atoms with van der Waals surface area (Å²) in [5.41, 5.74) is 6.53. The molecule has 0 aliphatic carbocycles. The SMILES string of the molecule is N[C@@H](CCC(=O)Nc1nc2ccc(OC(F)(F)F)cc2s1)C(=O)Nc1nc2ccc(OC(F)(F)F)cc2s1. The van der Waals surface area contributed by atoms with E-state index in [-0.39, 0.29) is 23.1 Å². The van der Waals surface area contributed by atoms with Crippen LogP contribution in [-0.2, 0) is 9.59 Å². The van der Waals surface area contributed by atoms with Gasteiger partial charge in [-0.25, -0.2) is 9.97 Å². The highest BCUT2D eigenvalue weighted by molar-refractivity contribution is 7.22. The topological polar surface area (TPSA) is 128 Å². The number of nitrogens with one attached hydrogen (secondary N) is 2. The van der Waals surface area contributed by atoms with Crippen LogP contribution in [0.15, 0.2) is 36.4 Å². The number of nitrogens with zero attached hydrogens (tertiary/aromatic N) is 2. The maximum Gasteiger partial charge on any atom is 0.573 e. The third-order valence-corrected chi connectivity index (χ3v) is 6.55. The molecule has 1 atom stereocenters. The molecule has 38 heavy (non-hydrogen) atoms. The van der Waals surface area contributed by atoms with Gasteiger partial charge in [0.25, 0.3) is 0 Å². The van der Waals surface area contributed by atoms with Crippen LogP contribution in [0.3, 0.4) is 0 Å². The number of benzene rings is 2. The van der Waals surface area contributed by atoms with E-state index in [2.05, 4.69) is 30.1 Å². The quantitative estimate of drug-likeness (QED) is 0.239. The Morgan fingerprint density at radius 3 is 1.79 bits per heavy atom. The highest BCUT2D eigenvalue weighted by Gasteiger charge is 2.32. The number of fused-ring (bicyclic) bond motifs is 2. The maximum atomic E-state index is 12.4. The lowest BCUT2D eigenvalue weighted by atomic mass is 10.1. The van der Waals surface area contributed by atoms with Crippen molar-refractivity contribution in [2.75, 3.05) is 10.6 Å². The molecule has 17 heteroatoms. The molecular formula is C21H15F6N5O4S2. The van der Waals surface area contributed by atoms with Crippen molar-refractivity contribution in [3.63, 3.8) is 0 Å². The van der Waals surface area contributed by atoms with E-state index in [1.165, 1.54) is 12.1 Å². The Balaban J connectivity index is 1.29. The van der Waals surface area contributed by atoms with Gasteiger partial charge in [0.05, 0.1) is 26.5 Å². The van der Waals surface area contributed by atoms with Crippen LogP contribution < -0.4 is 25.8 Å². The van der Waals surface area contributed by atoms with Gasteiger partial charge in [-0.05, 0) is 30.7 Å². The Morgan fingerprint density at radius 1 is 0.842 bits per heavy atom. The Bertz CT molecular complexity index is 1490. The Hall–Kier alpha value is -3.70. The van der Waals surface area contributed by atoms with Gasteiger partial charge >= 0.3 is 12.7 Å². The third-order valence-electron chi connectivity index (χ3n) is 4.68. The van der Waals surface area contributed by atoms with Crippen molar-refractivity contribution in [1.29, 1.82) is 0 Å². The molecule has 0 saturated carbocycles. The van der Waals surface area contributed by atoms with E-state index in [4.69, 9.17) is 5.73 Å². The number of hydrogen-bond donors (Lipinski definition) is 3. The van der Waals surface area contributed by atoms with Crippen molar-refractivity contribution in [3.05, 3.63) is 36.4 Å². The normalized spacial score (nSPS) is 12.9. The first-order chi connectivity index (χ1) is 17.7. The molecule has 2 amide bonds. The predicted octanol–water partition coefficient (Wildman–Crippen LogP) is 5.39. The monoisotopic (exact) mass is 579 g/mol. The van der Waals surface area contributed by atoms with Crippen LogP contribution in [0, 0.1) is 0 Å². The number of amides is 2. The number of rotatable bonds is 8. The summed E-state index contributed by atoms with van der Waals surface area (Å²) in [5, 5.41) is 5.19. The maximum absolute atomic E-state index is 12.4. The van der Waals surface area contributed by atoms with Gasteiger partial charge in [0.2, 0.25) is 11.8 Å². The number of hydrogen-bond acceptors (Lipinski definition) is 9. The van der Waals surface area contributed by atoms with Gasteiger partial charge in [0.1, 0.15) is 11.5 Å². The van der Waals surface area contributed by atoms with Gasteiger partial charge in [-0.2, -0.15) is 0 Å². The lowest BCUT2D eigenvalue weighted by molar-refractivity contribution is -0.275. The van der Waals surface area contributed by atoms with E-state index in [9.17, 15) is 35.9 Å². The Labute approximate surface area is 216 Å². The first-order valence-electron chi connectivity index (χ1n) is 10.4. The van der Waals surface area contributed by atoms with Gasteiger partial charge in [-0.3, -0.25) is 9.59 Å². The summed E-state index contributed by atoms with van der Waals surface area (Å²) in [6, 6.07) is 5.96. The number of aromatic nitrogens is 2. The molecule has 0 aliphatic heterocycles. The standard InChI is InChI=1S/C21H15F6N5O4S2/c22-20(23,24)35-9-1-4-12-14(7-9)37-18(29-12)31-16(33)6-3-11(28)17(34)32-19-30-13-5-2-10(8-15(13)38-19)36-21(25,26)27/h1-2,4-5,7-8,11H,3,6,28H2,(H,29,31,33)(H,30,32,34)/t11-/m0/s1. The van der Waals surface area contributed by atoms with Crippen molar-refractivity contribution < 1.29 is 45.4 Å². The molecule has 4 aromatic rings. The number of carbonyl (C=O) groups is 2. The number of carbonyl (C=O) groups excluding carboxylic acids is 2. The van der Waals surface area contributed by atoms with Crippen molar-refractivity contribution in [3.8, 4) is 11.5 Å². The molecule has 0 saturated heterocycles. The van der Waals surface area contributed by atoms with E-state index in [0.717, 1.165) is 46.9 Å². The van der Waals surface area contributed by atoms with Crippen molar-refractivity contribution in [2.45, 2.75) is 31.6 Å². The van der Waals surface area contributed by atoms with Crippen LogP contribution in [0.2, 0.25) is 0 Å². The molecular weight excluding hydrogens is 564 g/mol. The first-order valence-corrected chi connectivity index (χ1v) is 12.1. The second-order valence-corrected chi connectivity index (χ2v) is 9.64. The van der Waals surface area contributed by atoms with Crippen molar-refractivity contribution in [2.24, 2.45) is 5.73 Å². The average Bonchev–Trinajstić information content (AvgIpc) is 3.37. The lowest BCUT2D eigenvalue weighted by Gasteiger charge is -2.10. The molecule has 0 fully saturated rings. The van der Waals surface area contributed by atoms with Crippen LogP contribution in [0.5, 0.6) is 11.5 Å². The molecule has 2 heterocycles. The fourth-order valence-corrected chi connectivity index (χ4v) is 4.92. The largest absolute Gasteiger partial charge is 0.573 e. The Kier molecular flexibility index (Phi) is 7.61. The molecule has 0 radical (unpaired) electrons. The third kappa shape index (κ3) is 7.42. The number of thiazole rings is 2. The zero-order valence-electron chi connectivity index (χ0n) is 18.6. The molecule has 4 rings (SSSR count). The number of ether oxygens (including phenoxy) is 2. The van der Waals surface area contributed by atoms with E-state index in [1.807, 2.05) is 0 Å². The summed E-state index contributed by atoms with van der Waals surface area (Å²) in [4.78, 5) is 32.9. The fourth-order valence-electron chi connectivity index (χ4n) is 3.11. The predicted molar refractivity (Wildman–Crippen MR) is 127 cm³/mol. The van der Waals surface area contributed by atoms with Gasteiger partial charge in [0.15, 0.2) is 10.3 Å². The summed E-state index contributed by atoms with van der Waals surface area (Å²) < 4.78 is 82.8. The van der Waals surface area contributed by atoms with Crippen molar-refractivity contribution >= 4 is 65.2 Å². The van der Waals surface area contributed by atoms with Crippen LogP contribution in [0.25, 0.3) is 20.4 Å². The number of anilines is 2. The minimum absolute atomic E-state index is 0.0689. The van der Waals surface area contributed by atoms with Gasteiger partial charge < -0.3 is 25.8 Å². The summed E-state index contributed by atoms with van der Waals surface area (Å²) in [5.74, 6) is -2.05. The molecule has 2 aromatic heterocycles. The molecule has 4 N–H and O–H groups in total. The van der Waals surface area contributed by atoms with E-state index < -0.39 is 42.1 Å². The van der Waals surface area contributed by atoms with E-state index in [1.54, 1.807) is 0 Å². The zero-order chi connectivity index (χ0) is 27.7. The second-order valence-electron chi connectivity index (χ2n) is 7.58. The highest BCUT2D eigenvalue weighted by atomic mass is 32.1. The number of alkyl halides is 6. The van der Waals surface area contributed by atoms with Gasteiger partial charge in [-0.1, -0.05) is 22.7 Å². The smallest absolute Gasteiger partial charge is 0.406 e. The first kappa shape index (κ1) is 27.3. The molecule has 2 aromatic carbocycles. The summed E-state index contributed by atoms with van der Waals surface area (Å²) in [7, 11) is 0. The van der Waals surface area contributed by atoms with Crippen LogP contribution in [0.4, 0.5) is 36.6 Å². The molecule has 9 nitrogen and oxygen atoms in total. The molecule has 0 unspecified atom stereocenters. The van der Waals surface area contributed by atoms with Crippen LogP contribution in [-0.4, -0.2) is 40.5 Å². The van der Waals surface area contributed by atoms with E-state index in [0.29, 0.717) is 20.4 Å². The minimum atomic E-state index is -4.85. The molecule has 0 spiro atoms. The van der Waals surface area contributed by atoms with Crippen LogP contribution >= 0.6 is 22.7 Å². The second kappa shape index (κ2) is 10.6. The van der Waals surface area contributed by atoms with Gasteiger partial charge in [-0.15, -0.1) is 26.3 Å². The molecule has 202 valence electrons. The van der Waals surface area contributed by atoms with E-state index >= 15 is 0 Å². The summed E-state index contributed by atoms with van der Waals surface area (Å²) >= 11 is 1.85. The Morgan fingerprint density at radius 2 is 1.32 bits per heavy atom. The van der Waals surface area contributed by atoms with Crippen LogP contribution in [0.1, 0.15) is 12.8 Å². The van der Waals surface area contributed by atoms with Crippen molar-refractivity contribution in [1.82, 2.24) is 9.97 Å².